The van der Waals surface area contributed by atoms with E-state index in [0.29, 0.717) is 5.56 Å². The van der Waals surface area contributed by atoms with Gasteiger partial charge in [-0.05, 0) is 6.07 Å². The number of esters is 1. The summed E-state index contributed by atoms with van der Waals surface area (Å²) in [5.74, 6) is -1.12. The van der Waals surface area contributed by atoms with Crippen LogP contribution in [0.3, 0.4) is 0 Å². The van der Waals surface area contributed by atoms with E-state index in [9.17, 15) is 9.18 Å². The van der Waals surface area contributed by atoms with E-state index in [2.05, 4.69) is 0 Å². The van der Waals surface area contributed by atoms with E-state index < -0.39 is 5.97 Å². The van der Waals surface area contributed by atoms with Crippen molar-refractivity contribution in [1.29, 1.82) is 0 Å². The number of carbonyl (C=O) groups is 1. The van der Waals surface area contributed by atoms with Crippen molar-refractivity contribution < 1.29 is 13.9 Å². The van der Waals surface area contributed by atoms with Crippen molar-refractivity contribution in [2.24, 2.45) is 11.7 Å². The summed E-state index contributed by atoms with van der Waals surface area (Å²) < 4.78 is 18.0. The smallest absolute Gasteiger partial charge is 0.310 e. The van der Waals surface area contributed by atoms with Crippen LogP contribution in [0.25, 0.3) is 0 Å². The Balaban J connectivity index is 2.51. The molecule has 0 fully saturated rings. The summed E-state index contributed by atoms with van der Waals surface area (Å²) in [6.07, 6.45) is 0. The Kier molecular flexibility index (Phi) is 4.24. The predicted octanol–water partition coefficient (Wildman–Crippen LogP) is 1.46. The molecular formula is C11H14FNO2. The molecule has 1 atom stereocenters. The zero-order chi connectivity index (χ0) is 11.3. The Morgan fingerprint density at radius 1 is 1.53 bits per heavy atom. The first kappa shape index (κ1) is 11.7. The predicted molar refractivity (Wildman–Crippen MR) is 54.4 cm³/mol. The molecule has 1 aromatic carbocycles. The number of rotatable bonds is 4. The van der Waals surface area contributed by atoms with Crippen LogP contribution in [-0.2, 0) is 16.1 Å². The van der Waals surface area contributed by atoms with Crippen LogP contribution in [0, 0.1) is 11.7 Å². The molecule has 0 amide bonds. The van der Waals surface area contributed by atoms with Gasteiger partial charge in [-0.1, -0.05) is 25.1 Å². The van der Waals surface area contributed by atoms with Gasteiger partial charge < -0.3 is 10.5 Å². The molecule has 0 aliphatic heterocycles. The second-order valence-corrected chi connectivity index (χ2v) is 3.34. The van der Waals surface area contributed by atoms with Gasteiger partial charge in [0.2, 0.25) is 0 Å². The van der Waals surface area contributed by atoms with Gasteiger partial charge in [0.25, 0.3) is 0 Å². The maximum atomic E-state index is 13.1. The van der Waals surface area contributed by atoms with Gasteiger partial charge in [0.15, 0.2) is 0 Å². The van der Waals surface area contributed by atoms with E-state index in [-0.39, 0.29) is 24.9 Å². The maximum Gasteiger partial charge on any atom is 0.310 e. The summed E-state index contributed by atoms with van der Waals surface area (Å²) in [4.78, 5) is 11.2. The number of nitrogens with two attached hydrogens (primary N) is 1. The van der Waals surface area contributed by atoms with Crippen LogP contribution in [0.2, 0.25) is 0 Å². The number of hydrogen-bond acceptors (Lipinski definition) is 3. The minimum atomic E-state index is -0.402. The van der Waals surface area contributed by atoms with Crippen LogP contribution in [0.1, 0.15) is 12.5 Å². The van der Waals surface area contributed by atoms with Crippen LogP contribution < -0.4 is 5.73 Å². The van der Waals surface area contributed by atoms with E-state index in [4.69, 9.17) is 10.5 Å². The minimum Gasteiger partial charge on any atom is -0.460 e. The van der Waals surface area contributed by atoms with Crippen LogP contribution in [-0.4, -0.2) is 12.5 Å². The van der Waals surface area contributed by atoms with Crippen molar-refractivity contribution in [3.63, 3.8) is 0 Å². The number of benzene rings is 1. The van der Waals surface area contributed by atoms with E-state index in [1.165, 1.54) is 6.07 Å². The molecule has 82 valence electrons. The number of hydrogen-bond donors (Lipinski definition) is 1. The Morgan fingerprint density at radius 3 is 2.80 bits per heavy atom. The summed E-state index contributed by atoms with van der Waals surface area (Å²) in [6, 6.07) is 6.19. The lowest BCUT2D eigenvalue weighted by Crippen LogP contribution is -2.22. The monoisotopic (exact) mass is 211 g/mol. The van der Waals surface area contributed by atoms with Crippen LogP contribution in [0.15, 0.2) is 24.3 Å². The first-order valence-corrected chi connectivity index (χ1v) is 4.75. The lowest BCUT2D eigenvalue weighted by molar-refractivity contribution is -0.148. The maximum absolute atomic E-state index is 13.1. The highest BCUT2D eigenvalue weighted by Gasteiger charge is 2.12. The third-order valence-corrected chi connectivity index (χ3v) is 2.08. The average molecular weight is 211 g/mol. The normalized spacial score (nSPS) is 12.2. The molecule has 3 nitrogen and oxygen atoms in total. The fraction of sp³-hybridized carbons (Fsp3) is 0.364. The average Bonchev–Trinajstić information content (AvgIpc) is 2.26. The molecule has 2 N–H and O–H groups in total. The standard InChI is InChI=1S/C11H14FNO2/c1-8(6-13)11(14)15-7-9-4-2-3-5-10(9)12/h2-5,8H,6-7,13H2,1H3. The van der Waals surface area contributed by atoms with Gasteiger partial charge in [0, 0.05) is 12.1 Å². The Hall–Kier alpha value is -1.42. The molecule has 1 unspecified atom stereocenters. The van der Waals surface area contributed by atoms with Gasteiger partial charge >= 0.3 is 5.97 Å². The molecule has 0 saturated heterocycles. The van der Waals surface area contributed by atoms with Crippen molar-refractivity contribution in [2.75, 3.05) is 6.54 Å². The van der Waals surface area contributed by atoms with Crippen molar-refractivity contribution in [1.82, 2.24) is 0 Å². The third kappa shape index (κ3) is 3.32. The number of halogens is 1. The first-order valence-electron chi connectivity index (χ1n) is 4.75. The van der Waals surface area contributed by atoms with Gasteiger partial charge in [-0.15, -0.1) is 0 Å². The first-order chi connectivity index (χ1) is 7.15. The van der Waals surface area contributed by atoms with Crippen molar-refractivity contribution in [3.8, 4) is 0 Å². The molecule has 1 aromatic rings. The molecular weight excluding hydrogens is 197 g/mol. The topological polar surface area (TPSA) is 52.3 Å². The van der Waals surface area contributed by atoms with Gasteiger partial charge in [-0.3, -0.25) is 4.79 Å². The summed E-state index contributed by atoms with van der Waals surface area (Å²) in [7, 11) is 0. The molecule has 1 rings (SSSR count). The van der Waals surface area contributed by atoms with Crippen LogP contribution in [0.4, 0.5) is 4.39 Å². The molecule has 0 aromatic heterocycles. The quantitative estimate of drug-likeness (QED) is 0.767. The summed E-state index contributed by atoms with van der Waals surface area (Å²) >= 11 is 0. The van der Waals surface area contributed by atoms with Gasteiger partial charge in [-0.25, -0.2) is 4.39 Å². The van der Waals surface area contributed by atoms with Crippen molar-refractivity contribution in [2.45, 2.75) is 13.5 Å². The molecule has 4 heteroatoms. The van der Waals surface area contributed by atoms with Gasteiger partial charge in [0.05, 0.1) is 5.92 Å². The zero-order valence-corrected chi connectivity index (χ0v) is 8.57. The van der Waals surface area contributed by atoms with E-state index in [1.54, 1.807) is 25.1 Å². The highest BCUT2D eigenvalue weighted by molar-refractivity contribution is 5.72. The van der Waals surface area contributed by atoms with Gasteiger partial charge in [0.1, 0.15) is 12.4 Å². The molecule has 0 aliphatic carbocycles. The van der Waals surface area contributed by atoms with Gasteiger partial charge in [-0.2, -0.15) is 0 Å². The fourth-order valence-corrected chi connectivity index (χ4v) is 1.00. The Bertz CT molecular complexity index is 341. The Labute approximate surface area is 88.0 Å². The fourth-order valence-electron chi connectivity index (χ4n) is 1.00. The van der Waals surface area contributed by atoms with E-state index in [0.717, 1.165) is 0 Å². The second kappa shape index (κ2) is 5.46. The molecule has 0 radical (unpaired) electrons. The minimum absolute atomic E-state index is 0.0458. The SMILES string of the molecule is CC(CN)C(=O)OCc1ccccc1F. The highest BCUT2D eigenvalue weighted by atomic mass is 19.1. The summed E-state index contributed by atoms with van der Waals surface area (Å²) in [5, 5.41) is 0. The Morgan fingerprint density at radius 2 is 2.20 bits per heavy atom. The molecule has 0 aliphatic rings. The number of ether oxygens (including phenoxy) is 1. The lowest BCUT2D eigenvalue weighted by atomic mass is 10.2. The molecule has 0 heterocycles. The van der Waals surface area contributed by atoms with Crippen molar-refractivity contribution in [3.05, 3.63) is 35.6 Å². The highest BCUT2D eigenvalue weighted by Crippen LogP contribution is 2.08. The summed E-state index contributed by atoms with van der Waals surface area (Å²) in [6.45, 7) is 1.86. The second-order valence-electron chi connectivity index (χ2n) is 3.34. The van der Waals surface area contributed by atoms with Crippen LogP contribution >= 0.6 is 0 Å². The van der Waals surface area contributed by atoms with Crippen LogP contribution in [0.5, 0.6) is 0 Å². The van der Waals surface area contributed by atoms with Crippen molar-refractivity contribution >= 4 is 5.97 Å². The summed E-state index contributed by atoms with van der Waals surface area (Å²) in [5.41, 5.74) is 5.67. The molecule has 0 bridgehead atoms. The lowest BCUT2D eigenvalue weighted by Gasteiger charge is -2.09. The third-order valence-electron chi connectivity index (χ3n) is 2.08. The molecule has 15 heavy (non-hydrogen) atoms. The van der Waals surface area contributed by atoms with E-state index in [1.807, 2.05) is 0 Å². The molecule has 0 saturated carbocycles. The largest absolute Gasteiger partial charge is 0.460 e. The van der Waals surface area contributed by atoms with E-state index >= 15 is 0 Å². The zero-order valence-electron chi connectivity index (χ0n) is 8.57. The molecule has 0 spiro atoms. The number of carbonyl (C=O) groups excluding carboxylic acids is 1.